The first-order chi connectivity index (χ1) is 10.1. The lowest BCUT2D eigenvalue weighted by Gasteiger charge is -2.13. The van der Waals surface area contributed by atoms with Crippen molar-refractivity contribution in [3.05, 3.63) is 0 Å². The van der Waals surface area contributed by atoms with Crippen LogP contribution in [0, 0.1) is 5.92 Å². The van der Waals surface area contributed by atoms with Crippen LogP contribution in [0.5, 0.6) is 0 Å². The maximum Gasteiger partial charge on any atom is 0.407 e. The molecule has 0 bridgehead atoms. The zero-order chi connectivity index (χ0) is 15.5. The van der Waals surface area contributed by atoms with E-state index < -0.39 is 8.03 Å². The minimum absolute atomic E-state index is 0.262. The van der Waals surface area contributed by atoms with E-state index in [0.29, 0.717) is 18.7 Å². The van der Waals surface area contributed by atoms with Crippen molar-refractivity contribution in [1.82, 2.24) is 5.32 Å². The van der Waals surface area contributed by atoms with Gasteiger partial charge in [0.05, 0.1) is 6.61 Å². The Morgan fingerprint density at radius 3 is 2.81 bits per heavy atom. The standard InChI is InChI=1S/C15H30NO4P/c1-2-3-10-20-15(17)16-14-9-8-13(12-14)7-5-4-6-11-21(18)19/h13-14,21H,2-12H2,1H3,(H,16,17)(H,18,19). The Bertz CT molecular complexity index is 325. The van der Waals surface area contributed by atoms with Crippen LogP contribution in [-0.4, -0.2) is 29.8 Å². The molecule has 1 amide bonds. The summed E-state index contributed by atoms with van der Waals surface area (Å²) < 4.78 is 15.7. The number of nitrogens with one attached hydrogen (secondary N) is 1. The lowest BCUT2D eigenvalue weighted by atomic mass is 10.00. The number of hydrogen-bond donors (Lipinski definition) is 2. The lowest BCUT2D eigenvalue weighted by Crippen LogP contribution is -2.33. The van der Waals surface area contributed by atoms with Crippen LogP contribution in [-0.2, 0) is 9.30 Å². The number of carbonyl (C=O) groups excluding carboxylic acids is 1. The topological polar surface area (TPSA) is 75.6 Å². The van der Waals surface area contributed by atoms with Gasteiger partial charge in [-0.15, -0.1) is 0 Å². The molecule has 3 unspecified atom stereocenters. The van der Waals surface area contributed by atoms with Crippen LogP contribution in [0.25, 0.3) is 0 Å². The first-order valence-corrected chi connectivity index (χ1v) is 9.83. The minimum Gasteiger partial charge on any atom is -0.450 e. The molecule has 21 heavy (non-hydrogen) atoms. The largest absolute Gasteiger partial charge is 0.450 e. The molecule has 0 heterocycles. The summed E-state index contributed by atoms with van der Waals surface area (Å²) in [5.74, 6) is 0.678. The third kappa shape index (κ3) is 9.15. The minimum atomic E-state index is -2.28. The molecule has 0 saturated heterocycles. The molecule has 0 aromatic rings. The van der Waals surface area contributed by atoms with Gasteiger partial charge in [-0.1, -0.05) is 32.6 Å². The van der Waals surface area contributed by atoms with Gasteiger partial charge in [-0.25, -0.2) is 4.79 Å². The van der Waals surface area contributed by atoms with Crippen molar-refractivity contribution in [2.75, 3.05) is 12.8 Å². The van der Waals surface area contributed by atoms with Crippen LogP contribution in [0.3, 0.4) is 0 Å². The van der Waals surface area contributed by atoms with Crippen molar-refractivity contribution < 1.29 is 19.0 Å². The van der Waals surface area contributed by atoms with E-state index in [1.165, 1.54) is 0 Å². The predicted molar refractivity (Wildman–Crippen MR) is 85.1 cm³/mol. The normalized spacial score (nSPS) is 23.0. The predicted octanol–water partition coefficient (Wildman–Crippen LogP) is 3.71. The fraction of sp³-hybridized carbons (Fsp3) is 0.933. The molecular weight excluding hydrogens is 289 g/mol. The fourth-order valence-corrected chi connectivity index (χ4v) is 3.42. The smallest absolute Gasteiger partial charge is 0.407 e. The summed E-state index contributed by atoms with van der Waals surface area (Å²) in [5.41, 5.74) is 0. The van der Waals surface area contributed by atoms with E-state index in [4.69, 9.17) is 9.63 Å². The molecule has 0 radical (unpaired) electrons. The Labute approximate surface area is 128 Å². The van der Waals surface area contributed by atoms with Crippen molar-refractivity contribution in [2.24, 2.45) is 5.92 Å². The molecule has 0 spiro atoms. The maximum atomic E-state index is 11.6. The number of alkyl carbamates (subject to hydrolysis) is 1. The summed E-state index contributed by atoms with van der Waals surface area (Å²) in [7, 11) is -2.28. The van der Waals surface area contributed by atoms with Gasteiger partial charge in [0.25, 0.3) is 0 Å². The summed E-state index contributed by atoms with van der Waals surface area (Å²) in [5, 5.41) is 2.95. The van der Waals surface area contributed by atoms with Gasteiger partial charge in [-0.05, 0) is 38.0 Å². The molecule has 1 aliphatic carbocycles. The number of amides is 1. The average Bonchev–Trinajstić information content (AvgIpc) is 2.86. The van der Waals surface area contributed by atoms with E-state index in [1.807, 2.05) is 0 Å². The number of carbonyl (C=O) groups is 1. The summed E-state index contributed by atoms with van der Waals surface area (Å²) in [4.78, 5) is 20.3. The van der Waals surface area contributed by atoms with E-state index in [2.05, 4.69) is 12.2 Å². The fourth-order valence-electron chi connectivity index (χ4n) is 2.87. The molecule has 0 aliphatic heterocycles. The van der Waals surface area contributed by atoms with Crippen LogP contribution in [0.1, 0.15) is 64.7 Å². The second-order valence-corrected chi connectivity index (χ2v) is 7.29. The first-order valence-electron chi connectivity index (χ1n) is 8.27. The van der Waals surface area contributed by atoms with Gasteiger partial charge >= 0.3 is 6.09 Å². The molecule has 124 valence electrons. The third-order valence-corrected chi connectivity index (χ3v) is 4.88. The molecule has 1 rings (SSSR count). The van der Waals surface area contributed by atoms with Crippen molar-refractivity contribution >= 4 is 14.1 Å². The maximum absolute atomic E-state index is 11.6. The van der Waals surface area contributed by atoms with Crippen LogP contribution < -0.4 is 5.32 Å². The van der Waals surface area contributed by atoms with E-state index in [9.17, 15) is 9.36 Å². The molecule has 3 atom stereocenters. The Balaban J connectivity index is 2.04. The van der Waals surface area contributed by atoms with Gasteiger partial charge in [0, 0.05) is 12.2 Å². The average molecular weight is 319 g/mol. The second kappa shape index (κ2) is 11.1. The summed E-state index contributed by atoms with van der Waals surface area (Å²) in [6.45, 7) is 2.58. The van der Waals surface area contributed by atoms with Crippen molar-refractivity contribution in [3.63, 3.8) is 0 Å². The van der Waals surface area contributed by atoms with Gasteiger partial charge in [-0.2, -0.15) is 0 Å². The molecular formula is C15H30NO4P. The van der Waals surface area contributed by atoms with Crippen LogP contribution in [0.4, 0.5) is 4.79 Å². The van der Waals surface area contributed by atoms with Crippen LogP contribution in [0.15, 0.2) is 0 Å². The Morgan fingerprint density at radius 1 is 1.29 bits per heavy atom. The molecule has 0 aromatic carbocycles. The van der Waals surface area contributed by atoms with E-state index >= 15 is 0 Å². The highest BCUT2D eigenvalue weighted by atomic mass is 31.1. The highest BCUT2D eigenvalue weighted by molar-refractivity contribution is 7.37. The number of unbranched alkanes of at least 4 members (excludes halogenated alkanes) is 3. The van der Waals surface area contributed by atoms with Gasteiger partial charge in [0.2, 0.25) is 0 Å². The molecule has 1 fully saturated rings. The number of hydrogen-bond acceptors (Lipinski definition) is 3. The molecule has 5 nitrogen and oxygen atoms in total. The van der Waals surface area contributed by atoms with Crippen molar-refractivity contribution in [1.29, 1.82) is 0 Å². The summed E-state index contributed by atoms with van der Waals surface area (Å²) in [6, 6.07) is 0.262. The monoisotopic (exact) mass is 319 g/mol. The molecule has 1 aliphatic rings. The van der Waals surface area contributed by atoms with Crippen molar-refractivity contribution in [2.45, 2.75) is 70.8 Å². The van der Waals surface area contributed by atoms with Crippen molar-refractivity contribution in [3.8, 4) is 0 Å². The summed E-state index contributed by atoms with van der Waals surface area (Å²) >= 11 is 0. The molecule has 2 N–H and O–H groups in total. The van der Waals surface area contributed by atoms with Gasteiger partial charge in [0.1, 0.15) is 0 Å². The molecule has 0 aromatic heterocycles. The van der Waals surface area contributed by atoms with E-state index in [0.717, 1.165) is 57.8 Å². The lowest BCUT2D eigenvalue weighted by molar-refractivity contribution is 0.140. The number of ether oxygens (including phenoxy) is 1. The first kappa shape index (κ1) is 18.5. The Kier molecular flexibility index (Phi) is 9.77. The third-order valence-electron chi connectivity index (χ3n) is 4.10. The Morgan fingerprint density at radius 2 is 2.10 bits per heavy atom. The zero-order valence-electron chi connectivity index (χ0n) is 13.1. The Hall–Kier alpha value is -0.540. The highest BCUT2D eigenvalue weighted by Crippen LogP contribution is 2.30. The van der Waals surface area contributed by atoms with Gasteiger partial charge in [0.15, 0.2) is 8.03 Å². The number of rotatable bonds is 10. The van der Waals surface area contributed by atoms with Gasteiger partial charge in [-0.3, -0.25) is 4.57 Å². The van der Waals surface area contributed by atoms with E-state index in [-0.39, 0.29) is 12.1 Å². The zero-order valence-corrected chi connectivity index (χ0v) is 14.1. The van der Waals surface area contributed by atoms with Gasteiger partial charge < -0.3 is 14.9 Å². The quantitative estimate of drug-likeness (QED) is 0.475. The molecule has 6 heteroatoms. The molecule has 1 saturated carbocycles. The van der Waals surface area contributed by atoms with Crippen LogP contribution >= 0.6 is 8.03 Å². The SMILES string of the molecule is CCCCOC(=O)NC1CCC(CCCCC[PH](=O)O)C1. The van der Waals surface area contributed by atoms with E-state index in [1.54, 1.807) is 0 Å². The summed E-state index contributed by atoms with van der Waals surface area (Å²) in [6.07, 6.45) is 9.55. The van der Waals surface area contributed by atoms with Crippen LogP contribution in [0.2, 0.25) is 0 Å². The second-order valence-electron chi connectivity index (χ2n) is 6.00. The highest BCUT2D eigenvalue weighted by Gasteiger charge is 2.25.